The number of rotatable bonds is 8. The second-order valence-electron chi connectivity index (χ2n) is 9.87. The first-order valence-corrected chi connectivity index (χ1v) is 16.5. The predicted molar refractivity (Wildman–Crippen MR) is 165 cm³/mol. The van der Waals surface area contributed by atoms with E-state index in [2.05, 4.69) is 57.8 Å². The molecule has 4 aromatic carbocycles. The third-order valence-electron chi connectivity index (χ3n) is 6.65. The number of sulfonamides is 1. The van der Waals surface area contributed by atoms with Crippen LogP contribution in [0, 0.1) is 6.92 Å². The molecule has 0 unspecified atom stereocenters. The molecule has 0 aliphatic rings. The quantitative estimate of drug-likeness (QED) is 0.120. The van der Waals surface area contributed by atoms with Gasteiger partial charge in [0.25, 0.3) is 0 Å². The Balaban J connectivity index is 0.000000510. The van der Waals surface area contributed by atoms with Gasteiger partial charge in [0.2, 0.25) is 21.4 Å². The molecule has 0 spiro atoms. The average molecular weight is 655 g/mol. The van der Waals surface area contributed by atoms with Crippen molar-refractivity contribution in [2.75, 3.05) is 6.54 Å². The molecule has 0 radical (unpaired) electrons. The molecule has 12 heteroatoms. The number of nitrogens with zero attached hydrogens (tertiary/aromatic N) is 1. The number of nitrogens with one attached hydrogen (secondary N) is 1. The summed E-state index contributed by atoms with van der Waals surface area (Å²) in [6.45, 7) is 2.66. The van der Waals surface area contributed by atoms with Gasteiger partial charge < -0.3 is 4.55 Å². The molecule has 1 N–H and O–H groups in total. The van der Waals surface area contributed by atoms with E-state index in [1.807, 2.05) is 73.7 Å². The minimum Gasteiger partial charge on any atom is -0.741 e. The number of alkyl halides is 3. The van der Waals surface area contributed by atoms with E-state index >= 15 is 0 Å². The molecule has 0 saturated carbocycles. The predicted octanol–water partition coefficient (Wildman–Crippen LogP) is 6.31. The summed E-state index contributed by atoms with van der Waals surface area (Å²) >= 11 is 0. The Morgan fingerprint density at radius 3 is 1.44 bits per heavy atom. The molecule has 0 bridgehead atoms. The fraction of sp³-hybridized carbons (Fsp3) is 0.121. The summed E-state index contributed by atoms with van der Waals surface area (Å²) in [5.74, 6) is 0. The Bertz CT molecular complexity index is 1880. The molecule has 0 aliphatic heterocycles. The van der Waals surface area contributed by atoms with E-state index in [1.165, 1.54) is 0 Å². The lowest BCUT2D eigenvalue weighted by Crippen LogP contribution is -2.44. The summed E-state index contributed by atoms with van der Waals surface area (Å²) < 4.78 is 89.8. The van der Waals surface area contributed by atoms with Gasteiger partial charge >= 0.3 is 5.51 Å². The van der Waals surface area contributed by atoms with Crippen LogP contribution >= 0.6 is 0 Å². The van der Waals surface area contributed by atoms with Crippen molar-refractivity contribution in [2.45, 2.75) is 23.9 Å². The minimum absolute atomic E-state index is 0.255. The molecule has 234 valence electrons. The molecular formula is C33H29F3N2O5S2. The van der Waals surface area contributed by atoms with Gasteiger partial charge in [0, 0.05) is 23.3 Å². The highest BCUT2D eigenvalue weighted by Crippen LogP contribution is 2.29. The van der Waals surface area contributed by atoms with Crippen molar-refractivity contribution in [2.24, 2.45) is 0 Å². The fourth-order valence-electron chi connectivity index (χ4n) is 4.45. The van der Waals surface area contributed by atoms with Crippen LogP contribution in [0.2, 0.25) is 0 Å². The lowest BCUT2D eigenvalue weighted by Gasteiger charge is -2.13. The second kappa shape index (κ2) is 14.2. The van der Waals surface area contributed by atoms with E-state index in [9.17, 15) is 21.6 Å². The first-order chi connectivity index (χ1) is 21.3. The molecule has 0 saturated heterocycles. The third-order valence-corrected chi connectivity index (χ3v) is 8.70. The van der Waals surface area contributed by atoms with Gasteiger partial charge in [-0.25, -0.2) is 21.6 Å². The van der Waals surface area contributed by atoms with E-state index in [-0.39, 0.29) is 11.4 Å². The molecule has 7 nitrogen and oxygen atoms in total. The number of benzene rings is 4. The summed E-state index contributed by atoms with van der Waals surface area (Å²) in [5.41, 5.74) is 1.79. The normalized spacial score (nSPS) is 11.8. The molecule has 1 heterocycles. The van der Waals surface area contributed by atoms with Crippen molar-refractivity contribution >= 4 is 20.1 Å². The first kappa shape index (κ1) is 33.5. The first-order valence-electron chi connectivity index (χ1n) is 13.6. The lowest BCUT2D eigenvalue weighted by molar-refractivity contribution is -0.673. The van der Waals surface area contributed by atoms with Gasteiger partial charge in [0.15, 0.2) is 16.7 Å². The molecule has 0 fully saturated rings. The van der Waals surface area contributed by atoms with E-state index in [0.29, 0.717) is 6.54 Å². The van der Waals surface area contributed by atoms with Crippen LogP contribution in [0.1, 0.15) is 5.56 Å². The van der Waals surface area contributed by atoms with Crippen molar-refractivity contribution in [3.05, 3.63) is 133 Å². The molecule has 45 heavy (non-hydrogen) atoms. The number of hydrogen-bond acceptors (Lipinski definition) is 5. The lowest BCUT2D eigenvalue weighted by atomic mass is 9.99. The average Bonchev–Trinajstić information content (AvgIpc) is 3.02. The van der Waals surface area contributed by atoms with Crippen LogP contribution in [0.25, 0.3) is 33.6 Å². The standard InChI is InChI=1S/C32H29N2O2S.CHF3O3S/c1-25-17-19-30(20-18-25)37(35,36)33-21-22-34-31(27-13-7-3-8-14-27)23-29(26-11-5-2-6-12-26)24-32(34)28-15-9-4-10-16-28;2-1(3,4)8(5,6)7/h2-20,23-24,33H,21-22H2,1H3;(H,5,6,7)/q+1;/p-1. The van der Waals surface area contributed by atoms with Gasteiger partial charge in [-0.3, -0.25) is 0 Å². The van der Waals surface area contributed by atoms with Crippen LogP contribution in [-0.4, -0.2) is 33.4 Å². The number of aromatic nitrogens is 1. The highest BCUT2D eigenvalue weighted by Gasteiger charge is 2.37. The van der Waals surface area contributed by atoms with Crippen LogP contribution < -0.4 is 9.29 Å². The summed E-state index contributed by atoms with van der Waals surface area (Å²) in [5, 5.41) is 0. The van der Waals surface area contributed by atoms with Crippen LogP contribution in [0.15, 0.2) is 132 Å². The molecule has 0 amide bonds. The van der Waals surface area contributed by atoms with E-state index in [1.54, 1.807) is 12.1 Å². The largest absolute Gasteiger partial charge is 0.741 e. The van der Waals surface area contributed by atoms with Gasteiger partial charge in [0.05, 0.1) is 11.4 Å². The fourth-order valence-corrected chi connectivity index (χ4v) is 5.47. The zero-order chi connectivity index (χ0) is 32.7. The zero-order valence-corrected chi connectivity index (χ0v) is 25.6. The number of hydrogen-bond donors (Lipinski definition) is 1. The van der Waals surface area contributed by atoms with Crippen molar-refractivity contribution < 1.29 is 39.1 Å². The van der Waals surface area contributed by atoms with Gasteiger partial charge in [0.1, 0.15) is 0 Å². The van der Waals surface area contributed by atoms with Gasteiger partial charge in [-0.05, 0) is 54.4 Å². The van der Waals surface area contributed by atoms with Gasteiger partial charge in [-0.2, -0.15) is 17.7 Å². The van der Waals surface area contributed by atoms with Crippen LogP contribution in [0.5, 0.6) is 0 Å². The van der Waals surface area contributed by atoms with Gasteiger partial charge in [-0.1, -0.05) is 84.4 Å². The van der Waals surface area contributed by atoms with Crippen molar-refractivity contribution in [3.8, 4) is 33.6 Å². The number of pyridine rings is 1. The Hall–Kier alpha value is -4.36. The second-order valence-corrected chi connectivity index (χ2v) is 13.0. The number of halogens is 3. The minimum atomic E-state index is -6.09. The summed E-state index contributed by atoms with van der Waals surface area (Å²) in [7, 11) is -9.71. The topological polar surface area (TPSA) is 107 Å². The molecule has 5 aromatic rings. The molecule has 5 rings (SSSR count). The Morgan fingerprint density at radius 2 is 1.04 bits per heavy atom. The molecule has 1 aromatic heterocycles. The van der Waals surface area contributed by atoms with Crippen molar-refractivity contribution in [1.29, 1.82) is 0 Å². The highest BCUT2D eigenvalue weighted by atomic mass is 32.2. The van der Waals surface area contributed by atoms with Crippen LogP contribution in [0.3, 0.4) is 0 Å². The maximum Gasteiger partial charge on any atom is 0.485 e. The third kappa shape index (κ3) is 8.85. The zero-order valence-electron chi connectivity index (χ0n) is 24.0. The maximum atomic E-state index is 13.0. The van der Waals surface area contributed by atoms with Crippen molar-refractivity contribution in [3.63, 3.8) is 0 Å². The van der Waals surface area contributed by atoms with E-state index in [4.69, 9.17) is 13.0 Å². The van der Waals surface area contributed by atoms with E-state index < -0.39 is 25.6 Å². The van der Waals surface area contributed by atoms with Crippen LogP contribution in [-0.2, 0) is 26.7 Å². The van der Waals surface area contributed by atoms with Crippen molar-refractivity contribution in [1.82, 2.24) is 4.72 Å². The number of aryl methyl sites for hydroxylation is 1. The Morgan fingerprint density at radius 1 is 0.644 bits per heavy atom. The highest BCUT2D eigenvalue weighted by molar-refractivity contribution is 7.89. The summed E-state index contributed by atoms with van der Waals surface area (Å²) in [4.78, 5) is 0.272. The summed E-state index contributed by atoms with van der Waals surface area (Å²) in [6.07, 6.45) is 0. The smallest absolute Gasteiger partial charge is 0.485 e. The molecule has 0 aliphatic carbocycles. The van der Waals surface area contributed by atoms with Crippen LogP contribution in [0.4, 0.5) is 13.2 Å². The maximum absolute atomic E-state index is 13.0. The van der Waals surface area contributed by atoms with Gasteiger partial charge in [-0.15, -0.1) is 0 Å². The Kier molecular flexibility index (Phi) is 10.6. The van der Waals surface area contributed by atoms with E-state index in [0.717, 1.165) is 39.2 Å². The molecule has 0 atom stereocenters. The SMILES string of the molecule is Cc1ccc(S(=O)(=O)NCC[n+]2c(-c3ccccc3)cc(-c3ccccc3)cc2-c2ccccc2)cc1.O=S(=O)([O-])C(F)(F)F. The Labute approximate surface area is 260 Å². The monoisotopic (exact) mass is 654 g/mol. The summed E-state index contributed by atoms with van der Waals surface area (Å²) in [6, 6.07) is 42.1. The molecular weight excluding hydrogens is 626 g/mol.